The Balaban J connectivity index is 1.67. The average molecular weight is 808 g/mol. The molecule has 0 aliphatic heterocycles. The number of fused-ring (bicyclic) bond motifs is 1. The van der Waals surface area contributed by atoms with E-state index in [0.717, 1.165) is 11.5 Å². The van der Waals surface area contributed by atoms with Gasteiger partial charge in [-0.3, -0.25) is 14.4 Å². The van der Waals surface area contributed by atoms with E-state index in [1.165, 1.54) is 20.1 Å². The van der Waals surface area contributed by atoms with Crippen molar-refractivity contribution in [2.75, 3.05) is 81.6 Å². The summed E-state index contributed by atoms with van der Waals surface area (Å²) in [5.41, 5.74) is 2.45. The van der Waals surface area contributed by atoms with Crippen molar-refractivity contribution in [2.24, 2.45) is 0 Å². The zero-order chi connectivity index (χ0) is 40.1. The predicted octanol–water partition coefficient (Wildman–Crippen LogP) is 4.51. The lowest BCUT2D eigenvalue weighted by atomic mass is 9.78. The zero-order valence-electron chi connectivity index (χ0n) is 31.9. The molecule has 6 N–H and O–H groups in total. The summed E-state index contributed by atoms with van der Waals surface area (Å²) in [7, 11) is 1.40. The van der Waals surface area contributed by atoms with Crippen molar-refractivity contribution in [1.82, 2.24) is 0 Å². The van der Waals surface area contributed by atoms with Gasteiger partial charge in [0.2, 0.25) is 5.43 Å². The number of carbonyl (C=O) groups excluding carboxylic acids is 1. The van der Waals surface area contributed by atoms with E-state index < -0.39 is 30.0 Å². The number of thioether (sulfide) groups is 2. The van der Waals surface area contributed by atoms with Gasteiger partial charge in [-0.25, -0.2) is 0 Å². The molecule has 300 valence electrons. The molecule has 0 saturated carbocycles. The quantitative estimate of drug-likeness (QED) is 0.0325. The smallest absolute Gasteiger partial charge is 0.230 e. The van der Waals surface area contributed by atoms with Crippen LogP contribution >= 0.6 is 23.5 Å². The second-order valence-corrected chi connectivity index (χ2v) is 16.3. The SMILES string of the molecule is COc1c2c3c4c(c(CCCSCCOCCO)c(O)c5c(=O)cc(CO)c(c6c(CO)cc(NCCSCCOCCO)c(c1=O)c63)c54)C=C(C)C2C(C)=O. The minimum atomic E-state index is -0.898. The number of aromatic hydroxyl groups is 1. The molecule has 0 fully saturated rings. The van der Waals surface area contributed by atoms with Crippen LogP contribution in [-0.2, 0) is 33.9 Å². The molecule has 0 heterocycles. The third kappa shape index (κ3) is 7.65. The van der Waals surface area contributed by atoms with Crippen LogP contribution in [-0.4, -0.2) is 108 Å². The van der Waals surface area contributed by atoms with Gasteiger partial charge in [0.15, 0.2) is 11.2 Å². The molecule has 1 aliphatic carbocycles. The number of methoxy groups -OCH3 is 1. The molecule has 5 aromatic carbocycles. The van der Waals surface area contributed by atoms with Crippen LogP contribution in [0, 0.1) is 0 Å². The van der Waals surface area contributed by atoms with Gasteiger partial charge in [0.25, 0.3) is 0 Å². The highest BCUT2D eigenvalue weighted by Gasteiger charge is 2.36. The van der Waals surface area contributed by atoms with Gasteiger partial charge in [-0.1, -0.05) is 11.6 Å². The molecule has 12 nitrogen and oxygen atoms in total. The van der Waals surface area contributed by atoms with Gasteiger partial charge in [0.05, 0.1) is 76.7 Å². The number of aliphatic hydroxyl groups is 4. The summed E-state index contributed by atoms with van der Waals surface area (Å²) in [6.07, 6.45) is 2.92. The Morgan fingerprint density at radius 2 is 1.41 bits per heavy atom. The number of aliphatic hydroxyl groups excluding tert-OH is 4. The minimum Gasteiger partial charge on any atom is -0.507 e. The van der Waals surface area contributed by atoms with Crippen LogP contribution in [0.15, 0.2) is 27.3 Å². The summed E-state index contributed by atoms with van der Waals surface area (Å²) in [6.45, 7) is 4.23. The topological polar surface area (TPSA) is 192 Å². The number of nitrogens with one attached hydrogen (secondary N) is 1. The molecule has 1 unspecified atom stereocenters. The van der Waals surface area contributed by atoms with Crippen LogP contribution in [0.3, 0.4) is 0 Å². The van der Waals surface area contributed by atoms with E-state index in [1.807, 2.05) is 13.0 Å². The van der Waals surface area contributed by atoms with E-state index in [-0.39, 0.29) is 54.7 Å². The van der Waals surface area contributed by atoms with E-state index >= 15 is 0 Å². The first kappa shape index (κ1) is 41.9. The Hall–Kier alpha value is -3.73. The Morgan fingerprint density at radius 3 is 2.02 bits per heavy atom. The van der Waals surface area contributed by atoms with Crippen LogP contribution in [0.1, 0.15) is 54.0 Å². The number of anilines is 1. The summed E-state index contributed by atoms with van der Waals surface area (Å²) in [5, 5.41) is 58.6. The molecule has 0 spiro atoms. The highest BCUT2D eigenvalue weighted by Crippen LogP contribution is 2.54. The fourth-order valence-electron chi connectivity index (χ4n) is 8.28. The van der Waals surface area contributed by atoms with Crippen molar-refractivity contribution in [3.8, 4) is 11.5 Å². The number of rotatable bonds is 22. The molecule has 6 rings (SSSR count). The molecule has 1 aliphatic rings. The highest BCUT2D eigenvalue weighted by molar-refractivity contribution is 7.99. The molecular formula is C42H49NO11S2. The Labute approximate surface area is 332 Å². The van der Waals surface area contributed by atoms with Crippen LogP contribution < -0.4 is 20.9 Å². The third-order valence-electron chi connectivity index (χ3n) is 10.4. The van der Waals surface area contributed by atoms with Crippen LogP contribution in [0.4, 0.5) is 5.69 Å². The first-order valence-electron chi connectivity index (χ1n) is 18.8. The Kier molecular flexibility index (Phi) is 14.0. The van der Waals surface area contributed by atoms with Crippen LogP contribution in [0.25, 0.3) is 49.2 Å². The molecule has 0 radical (unpaired) electrons. The lowest BCUT2D eigenvalue weighted by molar-refractivity contribution is -0.117. The number of benzene rings is 5. The number of allylic oxidation sites excluding steroid dienone is 1. The minimum absolute atomic E-state index is 0.00107. The van der Waals surface area contributed by atoms with E-state index in [2.05, 4.69) is 5.32 Å². The second kappa shape index (κ2) is 18.7. The van der Waals surface area contributed by atoms with E-state index in [1.54, 1.807) is 29.6 Å². The Morgan fingerprint density at radius 1 is 0.786 bits per heavy atom. The number of ether oxygens (including phenoxy) is 3. The number of phenols is 1. The van der Waals surface area contributed by atoms with Crippen molar-refractivity contribution < 1.29 is 44.5 Å². The molecule has 0 saturated heterocycles. The van der Waals surface area contributed by atoms with Crippen molar-refractivity contribution in [1.29, 1.82) is 0 Å². The normalized spacial score (nSPS) is 14.1. The molecule has 0 bridgehead atoms. The monoisotopic (exact) mass is 807 g/mol. The van der Waals surface area contributed by atoms with Gasteiger partial charge in [0, 0.05) is 51.4 Å². The lowest BCUT2D eigenvalue weighted by Gasteiger charge is -2.26. The molecule has 56 heavy (non-hydrogen) atoms. The summed E-state index contributed by atoms with van der Waals surface area (Å²) in [6, 6.07) is 3.04. The molecule has 14 heteroatoms. The number of hydrogen-bond donors (Lipinski definition) is 6. The largest absolute Gasteiger partial charge is 0.507 e. The first-order chi connectivity index (χ1) is 27.2. The summed E-state index contributed by atoms with van der Waals surface area (Å²) >= 11 is 3.31. The highest BCUT2D eigenvalue weighted by atomic mass is 32.2. The van der Waals surface area contributed by atoms with Crippen molar-refractivity contribution in [3.05, 3.63) is 66.0 Å². The summed E-state index contributed by atoms with van der Waals surface area (Å²) in [5.74, 6) is 1.53. The average Bonchev–Trinajstić information content (AvgIpc) is 3.31. The third-order valence-corrected chi connectivity index (χ3v) is 12.4. The summed E-state index contributed by atoms with van der Waals surface area (Å²) < 4.78 is 16.7. The zero-order valence-corrected chi connectivity index (χ0v) is 33.6. The van der Waals surface area contributed by atoms with E-state index in [0.29, 0.717) is 115 Å². The maximum Gasteiger partial charge on any atom is 0.230 e. The predicted molar refractivity (Wildman–Crippen MR) is 226 cm³/mol. The van der Waals surface area contributed by atoms with Gasteiger partial charge < -0.3 is 45.1 Å². The molecular weight excluding hydrogens is 759 g/mol. The fourth-order valence-corrected chi connectivity index (χ4v) is 9.76. The standard InChI is InChI=1S/C42H49NO11S2/c1-22-17-27-26(5-4-13-55-15-11-53-9-7-44)40(50)35-29(49)19-25(21-47)32-31-24(20-46)18-28(43-6-14-56-16-12-54-10-8-45)34-37(31)38(33(27)36(32)35)39(30(22)23(2)48)42(52-3)41(34)51/h17-19,30,43-47,50H,4-16,20-21H2,1-3H3. The number of ketones is 1. The maximum absolute atomic E-state index is 14.9. The van der Waals surface area contributed by atoms with Gasteiger partial charge >= 0.3 is 0 Å². The van der Waals surface area contributed by atoms with Crippen molar-refractivity contribution >= 4 is 84.2 Å². The number of carbonyl (C=O) groups is 1. The van der Waals surface area contributed by atoms with E-state index in [9.17, 15) is 29.7 Å². The second-order valence-electron chi connectivity index (χ2n) is 13.8. The first-order valence-corrected chi connectivity index (χ1v) is 21.1. The van der Waals surface area contributed by atoms with Crippen molar-refractivity contribution in [3.63, 3.8) is 0 Å². The van der Waals surface area contributed by atoms with Crippen LogP contribution in [0.2, 0.25) is 0 Å². The number of Topliss-reactive ketones (excluding diaryl/α,β-unsaturated/α-hetero) is 1. The number of hydrogen-bond acceptors (Lipinski definition) is 14. The molecule has 0 aromatic heterocycles. The van der Waals surface area contributed by atoms with E-state index in [4.69, 9.17) is 24.4 Å². The fraction of sp³-hybridized carbons (Fsp3) is 0.452. The number of phenolic OH excluding ortho intramolecular Hbond substituents is 1. The summed E-state index contributed by atoms with van der Waals surface area (Å²) in [4.78, 5) is 42.7. The molecule has 0 amide bonds. The Bertz CT molecular complexity index is 2380. The molecule has 5 aromatic rings. The van der Waals surface area contributed by atoms with Gasteiger partial charge in [-0.15, -0.1) is 0 Å². The van der Waals surface area contributed by atoms with Gasteiger partial charge in [-0.05, 0) is 82.8 Å². The van der Waals surface area contributed by atoms with Crippen LogP contribution in [0.5, 0.6) is 11.5 Å². The lowest BCUT2D eigenvalue weighted by Crippen LogP contribution is -2.19. The van der Waals surface area contributed by atoms with Gasteiger partial charge in [-0.2, -0.15) is 23.5 Å². The molecule has 1 atom stereocenters. The van der Waals surface area contributed by atoms with Crippen molar-refractivity contribution in [2.45, 2.75) is 45.8 Å². The van der Waals surface area contributed by atoms with Gasteiger partial charge in [0.1, 0.15) is 11.5 Å². The maximum atomic E-state index is 14.9.